The van der Waals surface area contributed by atoms with Crippen molar-refractivity contribution < 1.29 is 14.3 Å². The van der Waals surface area contributed by atoms with Gasteiger partial charge in [-0.2, -0.15) is 0 Å². The van der Waals surface area contributed by atoms with Crippen molar-refractivity contribution in [2.75, 3.05) is 40.0 Å². The fourth-order valence-corrected chi connectivity index (χ4v) is 2.82. The molecule has 24 heavy (non-hydrogen) atoms. The molecule has 1 fully saturated rings. The van der Waals surface area contributed by atoms with E-state index in [2.05, 4.69) is 29.4 Å². The molecule has 0 aliphatic carbocycles. The maximum Gasteiger partial charge on any atom is 0.315 e. The number of nitrogens with zero attached hydrogens (tertiary/aromatic N) is 1. The zero-order valence-electron chi connectivity index (χ0n) is 14.9. The quantitative estimate of drug-likeness (QED) is 0.797. The number of hydrogen-bond acceptors (Lipinski definition) is 4. The van der Waals surface area contributed by atoms with E-state index in [9.17, 15) is 4.79 Å². The normalized spacial score (nSPS) is 16.0. The first-order valence-corrected chi connectivity index (χ1v) is 8.42. The molecule has 2 amide bonds. The van der Waals surface area contributed by atoms with Crippen LogP contribution in [-0.2, 0) is 22.6 Å². The lowest BCUT2D eigenvalue weighted by Gasteiger charge is -2.40. The molecule has 1 aromatic carbocycles. The van der Waals surface area contributed by atoms with E-state index in [-0.39, 0.29) is 11.6 Å². The molecule has 6 nitrogen and oxygen atoms in total. The number of ether oxygens (including phenoxy) is 2. The average Bonchev–Trinajstić information content (AvgIpc) is 2.60. The zero-order chi connectivity index (χ0) is 17.4. The summed E-state index contributed by atoms with van der Waals surface area (Å²) in [6.07, 6.45) is 0. The van der Waals surface area contributed by atoms with Crippen molar-refractivity contribution in [2.24, 2.45) is 0 Å². The summed E-state index contributed by atoms with van der Waals surface area (Å²) in [4.78, 5) is 14.4. The molecule has 6 heteroatoms. The van der Waals surface area contributed by atoms with Crippen molar-refractivity contribution in [1.29, 1.82) is 0 Å². The summed E-state index contributed by atoms with van der Waals surface area (Å²) >= 11 is 0. The molecule has 0 unspecified atom stereocenters. The minimum atomic E-state index is -0.145. The van der Waals surface area contributed by atoms with Crippen LogP contribution in [0, 0.1) is 0 Å². The number of benzene rings is 1. The Balaban J connectivity index is 1.75. The van der Waals surface area contributed by atoms with Crippen LogP contribution in [0.1, 0.15) is 25.0 Å². The van der Waals surface area contributed by atoms with Gasteiger partial charge in [-0.1, -0.05) is 24.3 Å². The second kappa shape index (κ2) is 9.01. The van der Waals surface area contributed by atoms with Crippen LogP contribution in [0.3, 0.4) is 0 Å². The molecule has 0 radical (unpaired) electrons. The first kappa shape index (κ1) is 18.7. The number of urea groups is 1. The summed E-state index contributed by atoms with van der Waals surface area (Å²) in [6, 6.07) is 7.88. The minimum Gasteiger partial charge on any atom is -0.380 e. The maximum atomic E-state index is 12.1. The van der Waals surface area contributed by atoms with Gasteiger partial charge in [-0.05, 0) is 25.0 Å². The van der Waals surface area contributed by atoms with Crippen molar-refractivity contribution >= 4 is 6.03 Å². The molecule has 0 atom stereocenters. The number of rotatable bonds is 7. The number of nitrogens with one attached hydrogen (secondary N) is 2. The van der Waals surface area contributed by atoms with Gasteiger partial charge in [-0.15, -0.1) is 0 Å². The summed E-state index contributed by atoms with van der Waals surface area (Å²) < 4.78 is 10.5. The van der Waals surface area contributed by atoms with Crippen molar-refractivity contribution in [3.05, 3.63) is 35.4 Å². The first-order valence-electron chi connectivity index (χ1n) is 8.42. The van der Waals surface area contributed by atoms with Crippen LogP contribution in [0.15, 0.2) is 24.3 Å². The van der Waals surface area contributed by atoms with Gasteiger partial charge in [0.25, 0.3) is 0 Å². The molecule has 1 aliphatic heterocycles. The van der Waals surface area contributed by atoms with Crippen molar-refractivity contribution in [3.63, 3.8) is 0 Å². The van der Waals surface area contributed by atoms with Crippen molar-refractivity contribution in [1.82, 2.24) is 15.5 Å². The third-order valence-electron chi connectivity index (χ3n) is 4.30. The predicted octanol–water partition coefficient (Wildman–Crippen LogP) is 1.74. The van der Waals surface area contributed by atoms with Crippen LogP contribution in [0.2, 0.25) is 0 Å². The summed E-state index contributed by atoms with van der Waals surface area (Å²) in [7, 11) is 1.68. The monoisotopic (exact) mass is 335 g/mol. The molecule has 1 heterocycles. The number of carbonyl (C=O) groups is 1. The molecule has 0 bridgehead atoms. The van der Waals surface area contributed by atoms with E-state index in [1.165, 1.54) is 0 Å². The fraction of sp³-hybridized carbons (Fsp3) is 0.611. The van der Waals surface area contributed by atoms with Gasteiger partial charge in [0.15, 0.2) is 0 Å². The van der Waals surface area contributed by atoms with Crippen molar-refractivity contribution in [3.8, 4) is 0 Å². The summed E-state index contributed by atoms with van der Waals surface area (Å²) in [5, 5.41) is 5.88. The highest BCUT2D eigenvalue weighted by Crippen LogP contribution is 2.15. The van der Waals surface area contributed by atoms with E-state index in [1.54, 1.807) is 7.11 Å². The Morgan fingerprint density at radius 2 is 1.96 bits per heavy atom. The Morgan fingerprint density at radius 1 is 1.25 bits per heavy atom. The molecule has 1 saturated heterocycles. The Kier molecular flexibility index (Phi) is 7.02. The second-order valence-electron chi connectivity index (χ2n) is 6.70. The van der Waals surface area contributed by atoms with Crippen LogP contribution in [0.25, 0.3) is 0 Å². The maximum absolute atomic E-state index is 12.1. The summed E-state index contributed by atoms with van der Waals surface area (Å²) in [6.45, 7) is 9.30. The molecule has 2 rings (SSSR count). The van der Waals surface area contributed by atoms with E-state index in [4.69, 9.17) is 9.47 Å². The number of methoxy groups -OCH3 is 1. The lowest BCUT2D eigenvalue weighted by Crippen LogP contribution is -2.56. The van der Waals surface area contributed by atoms with Gasteiger partial charge in [0.2, 0.25) is 0 Å². The lowest BCUT2D eigenvalue weighted by molar-refractivity contribution is -0.00874. The van der Waals surface area contributed by atoms with Gasteiger partial charge in [-0.3, -0.25) is 4.90 Å². The van der Waals surface area contributed by atoms with E-state index in [0.29, 0.717) is 19.7 Å². The van der Waals surface area contributed by atoms with Gasteiger partial charge in [0.1, 0.15) is 0 Å². The minimum absolute atomic E-state index is 0.0838. The van der Waals surface area contributed by atoms with E-state index in [0.717, 1.165) is 37.4 Å². The molecule has 0 saturated carbocycles. The third kappa shape index (κ3) is 5.78. The molecule has 1 aromatic rings. The number of amides is 2. The SMILES string of the molecule is COCc1cccc(CNC(=O)NCC(C)(C)N2CCOCC2)c1. The van der Waals surface area contributed by atoms with E-state index < -0.39 is 0 Å². The molecule has 1 aliphatic rings. The van der Waals surface area contributed by atoms with Crippen LogP contribution >= 0.6 is 0 Å². The van der Waals surface area contributed by atoms with Gasteiger partial charge in [0, 0.05) is 38.8 Å². The van der Waals surface area contributed by atoms with Crippen LogP contribution in [0.5, 0.6) is 0 Å². The topological polar surface area (TPSA) is 62.8 Å². The van der Waals surface area contributed by atoms with Gasteiger partial charge >= 0.3 is 6.03 Å². The number of morpholine rings is 1. The van der Waals surface area contributed by atoms with E-state index in [1.807, 2.05) is 24.3 Å². The smallest absolute Gasteiger partial charge is 0.315 e. The highest BCUT2D eigenvalue weighted by Gasteiger charge is 2.28. The van der Waals surface area contributed by atoms with Gasteiger partial charge in [0.05, 0.1) is 19.8 Å². The molecule has 0 spiro atoms. The second-order valence-corrected chi connectivity index (χ2v) is 6.70. The largest absolute Gasteiger partial charge is 0.380 e. The average molecular weight is 335 g/mol. The zero-order valence-corrected chi connectivity index (χ0v) is 14.9. The summed E-state index contributed by atoms with van der Waals surface area (Å²) in [5.41, 5.74) is 2.08. The lowest BCUT2D eigenvalue weighted by atomic mass is 10.0. The molecular weight excluding hydrogens is 306 g/mol. The predicted molar refractivity (Wildman–Crippen MR) is 93.9 cm³/mol. The molecule has 134 valence electrons. The van der Waals surface area contributed by atoms with Crippen LogP contribution < -0.4 is 10.6 Å². The van der Waals surface area contributed by atoms with E-state index >= 15 is 0 Å². The standard InChI is InChI=1S/C18H29N3O3/c1-18(2,21-7-9-24-10-8-21)14-20-17(22)19-12-15-5-4-6-16(11-15)13-23-3/h4-6,11H,7-10,12-14H2,1-3H3,(H2,19,20,22). The molecule has 2 N–H and O–H groups in total. The van der Waals surface area contributed by atoms with Crippen molar-refractivity contribution in [2.45, 2.75) is 32.5 Å². The number of carbonyl (C=O) groups excluding carboxylic acids is 1. The molecular formula is C18H29N3O3. The third-order valence-corrected chi connectivity index (χ3v) is 4.30. The fourth-order valence-electron chi connectivity index (χ4n) is 2.82. The van der Waals surface area contributed by atoms with Gasteiger partial charge in [-0.25, -0.2) is 4.79 Å². The summed E-state index contributed by atoms with van der Waals surface area (Å²) in [5.74, 6) is 0. The first-order chi connectivity index (χ1) is 11.5. The number of hydrogen-bond donors (Lipinski definition) is 2. The highest BCUT2D eigenvalue weighted by atomic mass is 16.5. The Morgan fingerprint density at radius 3 is 2.67 bits per heavy atom. The van der Waals surface area contributed by atoms with Crippen LogP contribution in [-0.4, -0.2) is 56.4 Å². The van der Waals surface area contributed by atoms with Crippen LogP contribution in [0.4, 0.5) is 4.79 Å². The Hall–Kier alpha value is -1.63. The Bertz CT molecular complexity index is 528. The highest BCUT2D eigenvalue weighted by molar-refractivity contribution is 5.73. The van der Waals surface area contributed by atoms with Gasteiger partial charge < -0.3 is 20.1 Å². The molecule has 0 aromatic heterocycles. The Labute approximate surface area is 144 Å².